The molecule has 4 rings (SSSR count). The Balaban J connectivity index is 1.57. The van der Waals surface area contributed by atoms with Crippen LogP contribution in [-0.2, 0) is 0 Å². The second-order valence-corrected chi connectivity index (χ2v) is 7.16. The van der Waals surface area contributed by atoms with Crippen molar-refractivity contribution in [3.63, 3.8) is 0 Å². The van der Waals surface area contributed by atoms with E-state index in [4.69, 9.17) is 4.74 Å². The minimum atomic E-state index is -0.727. The maximum Gasteiger partial charge on any atom is 0.128 e. The molecule has 3 aromatic rings. The van der Waals surface area contributed by atoms with Gasteiger partial charge in [-0.05, 0) is 36.8 Å². The van der Waals surface area contributed by atoms with Gasteiger partial charge in [0.2, 0.25) is 0 Å². The van der Waals surface area contributed by atoms with Crippen molar-refractivity contribution in [1.29, 1.82) is 0 Å². The molecule has 0 unspecified atom stereocenters. The third kappa shape index (κ3) is 3.18. The van der Waals surface area contributed by atoms with E-state index in [1.54, 1.807) is 18.4 Å². The van der Waals surface area contributed by atoms with Crippen LogP contribution in [0.4, 0.5) is 5.82 Å². The van der Waals surface area contributed by atoms with Crippen LogP contribution in [0.25, 0.3) is 20.8 Å². The number of aromatic nitrogens is 2. The lowest BCUT2D eigenvalue weighted by Crippen LogP contribution is -2.46. The molecule has 130 valence electrons. The third-order valence-electron chi connectivity index (χ3n) is 4.46. The van der Waals surface area contributed by atoms with Crippen LogP contribution in [0.15, 0.2) is 36.5 Å². The fourth-order valence-electron chi connectivity index (χ4n) is 2.98. The Morgan fingerprint density at radius 3 is 2.80 bits per heavy atom. The number of rotatable bonds is 3. The van der Waals surface area contributed by atoms with Crippen molar-refractivity contribution >= 4 is 27.4 Å². The first-order chi connectivity index (χ1) is 12.1. The molecule has 1 aromatic carbocycles. The van der Waals surface area contributed by atoms with Gasteiger partial charge in [-0.3, -0.25) is 0 Å². The summed E-state index contributed by atoms with van der Waals surface area (Å²) in [6.45, 7) is 1.08. The van der Waals surface area contributed by atoms with Gasteiger partial charge >= 0.3 is 0 Å². The van der Waals surface area contributed by atoms with Crippen molar-refractivity contribution in [3.05, 3.63) is 36.5 Å². The van der Waals surface area contributed by atoms with Crippen molar-refractivity contribution < 1.29 is 14.9 Å². The molecule has 0 amide bonds. The fraction of sp³-hybridized carbons (Fsp3) is 0.333. The van der Waals surface area contributed by atoms with Crippen molar-refractivity contribution in [2.75, 3.05) is 25.1 Å². The number of thiazole rings is 1. The number of fused-ring (bicyclic) bond motifs is 1. The molecule has 2 atom stereocenters. The summed E-state index contributed by atoms with van der Waals surface area (Å²) in [7, 11) is 1.66. The van der Waals surface area contributed by atoms with Crippen molar-refractivity contribution in [1.82, 2.24) is 9.97 Å². The third-order valence-corrected chi connectivity index (χ3v) is 5.53. The van der Waals surface area contributed by atoms with E-state index in [2.05, 4.69) is 9.97 Å². The highest BCUT2D eigenvalue weighted by atomic mass is 32.1. The molecule has 3 heterocycles. The van der Waals surface area contributed by atoms with Crippen LogP contribution in [0, 0.1) is 0 Å². The first-order valence-electron chi connectivity index (χ1n) is 8.16. The molecule has 7 heteroatoms. The average molecular weight is 357 g/mol. The smallest absolute Gasteiger partial charge is 0.128 e. The second-order valence-electron chi connectivity index (χ2n) is 6.13. The molecule has 6 nitrogen and oxygen atoms in total. The summed E-state index contributed by atoms with van der Waals surface area (Å²) in [5.41, 5.74) is 1.90. The van der Waals surface area contributed by atoms with Gasteiger partial charge in [-0.1, -0.05) is 0 Å². The molecule has 0 saturated carbocycles. The minimum Gasteiger partial charge on any atom is -0.497 e. The molecule has 0 aliphatic carbocycles. The second kappa shape index (κ2) is 6.59. The Morgan fingerprint density at radius 2 is 2.08 bits per heavy atom. The Labute approximate surface area is 149 Å². The predicted molar refractivity (Wildman–Crippen MR) is 98.2 cm³/mol. The molecule has 0 radical (unpaired) electrons. The monoisotopic (exact) mass is 357 g/mol. The van der Waals surface area contributed by atoms with E-state index in [1.807, 2.05) is 41.4 Å². The van der Waals surface area contributed by atoms with Crippen LogP contribution in [-0.4, -0.2) is 52.6 Å². The van der Waals surface area contributed by atoms with Gasteiger partial charge in [0.1, 0.15) is 16.6 Å². The number of pyridine rings is 1. The molecular weight excluding hydrogens is 338 g/mol. The fourth-order valence-corrected chi connectivity index (χ4v) is 3.97. The molecule has 2 N–H and O–H groups in total. The van der Waals surface area contributed by atoms with Gasteiger partial charge in [0.05, 0.1) is 29.5 Å². The van der Waals surface area contributed by atoms with Crippen molar-refractivity contribution in [2.45, 2.75) is 18.6 Å². The number of hydrogen-bond acceptors (Lipinski definition) is 7. The maximum atomic E-state index is 9.83. The number of nitrogens with zero attached hydrogens (tertiary/aromatic N) is 3. The first kappa shape index (κ1) is 16.3. The lowest BCUT2D eigenvalue weighted by atomic mass is 10.1. The molecule has 1 fully saturated rings. The van der Waals surface area contributed by atoms with E-state index < -0.39 is 12.2 Å². The predicted octanol–water partition coefficient (Wildman–Crippen LogP) is 2.30. The number of ether oxygens (including phenoxy) is 1. The zero-order valence-electron chi connectivity index (χ0n) is 13.8. The Hall–Kier alpha value is -2.22. The van der Waals surface area contributed by atoms with Crippen LogP contribution in [0.5, 0.6) is 5.75 Å². The molecule has 0 spiro atoms. The van der Waals surface area contributed by atoms with Crippen LogP contribution in [0.1, 0.15) is 6.42 Å². The maximum absolute atomic E-state index is 9.83. The molecule has 1 aliphatic rings. The quantitative estimate of drug-likeness (QED) is 0.749. The molecule has 1 saturated heterocycles. The van der Waals surface area contributed by atoms with E-state index in [0.29, 0.717) is 19.5 Å². The Bertz CT molecular complexity index is 881. The molecule has 0 bridgehead atoms. The number of β-amino-alcohol motifs (C(OH)–C–C–N with tert-alkyl or cyclic N) is 1. The van der Waals surface area contributed by atoms with E-state index in [9.17, 15) is 10.2 Å². The first-order valence-corrected chi connectivity index (χ1v) is 8.98. The minimum absolute atomic E-state index is 0.397. The van der Waals surface area contributed by atoms with Crippen LogP contribution in [0.2, 0.25) is 0 Å². The topological polar surface area (TPSA) is 78.7 Å². The van der Waals surface area contributed by atoms with Crippen molar-refractivity contribution in [3.8, 4) is 16.3 Å². The molecule has 25 heavy (non-hydrogen) atoms. The number of benzene rings is 1. The van der Waals surface area contributed by atoms with E-state index in [0.717, 1.165) is 32.4 Å². The highest BCUT2D eigenvalue weighted by Gasteiger charge is 2.26. The number of methoxy groups -OCH3 is 1. The molecule has 1 aliphatic heterocycles. The van der Waals surface area contributed by atoms with Crippen molar-refractivity contribution in [2.24, 2.45) is 0 Å². The van der Waals surface area contributed by atoms with E-state index in [1.165, 1.54) is 0 Å². The summed E-state index contributed by atoms with van der Waals surface area (Å²) >= 11 is 1.60. The summed E-state index contributed by atoms with van der Waals surface area (Å²) in [6.07, 6.45) is 0.983. The number of aliphatic hydroxyl groups is 2. The zero-order valence-corrected chi connectivity index (χ0v) is 14.6. The Morgan fingerprint density at radius 1 is 1.20 bits per heavy atom. The summed E-state index contributed by atoms with van der Waals surface area (Å²) in [4.78, 5) is 11.2. The average Bonchev–Trinajstić information content (AvgIpc) is 3.07. The highest BCUT2D eigenvalue weighted by Crippen LogP contribution is 2.32. The number of piperidine rings is 1. The SMILES string of the molecule is COc1ccc2nc(-c3ccc(N4CC[C@H](O)[C@H](O)C4)nc3)sc2c1. The molecule has 2 aromatic heterocycles. The summed E-state index contributed by atoms with van der Waals surface area (Å²) in [5, 5.41) is 20.4. The van der Waals surface area contributed by atoms with E-state index in [-0.39, 0.29) is 0 Å². The number of aliphatic hydroxyl groups excluding tert-OH is 2. The Kier molecular flexibility index (Phi) is 4.29. The van der Waals surface area contributed by atoms with Gasteiger partial charge in [-0.2, -0.15) is 0 Å². The van der Waals surface area contributed by atoms with Gasteiger partial charge in [-0.15, -0.1) is 11.3 Å². The largest absolute Gasteiger partial charge is 0.497 e. The van der Waals surface area contributed by atoms with Crippen LogP contribution >= 0.6 is 11.3 Å². The summed E-state index contributed by atoms with van der Waals surface area (Å²) in [6, 6.07) is 9.78. The van der Waals surface area contributed by atoms with Crippen LogP contribution < -0.4 is 9.64 Å². The van der Waals surface area contributed by atoms with Crippen LogP contribution in [0.3, 0.4) is 0 Å². The number of hydrogen-bond donors (Lipinski definition) is 2. The van der Waals surface area contributed by atoms with Gasteiger partial charge in [0.15, 0.2) is 0 Å². The molecular formula is C18H19N3O3S. The van der Waals surface area contributed by atoms with Gasteiger partial charge < -0.3 is 19.8 Å². The zero-order chi connectivity index (χ0) is 17.4. The normalized spacial score (nSPS) is 20.8. The van der Waals surface area contributed by atoms with E-state index >= 15 is 0 Å². The van der Waals surface area contributed by atoms with Gasteiger partial charge in [-0.25, -0.2) is 9.97 Å². The van der Waals surface area contributed by atoms with Gasteiger partial charge in [0, 0.05) is 24.8 Å². The van der Waals surface area contributed by atoms with Gasteiger partial charge in [0.25, 0.3) is 0 Å². The number of anilines is 1. The standard InChI is InChI=1S/C18H19N3O3S/c1-24-12-3-4-13-16(8-12)25-18(20-13)11-2-5-17(19-9-11)21-7-6-14(22)15(23)10-21/h2-5,8-9,14-15,22-23H,6-7,10H2,1H3/t14-,15+/m0/s1. The summed E-state index contributed by atoms with van der Waals surface area (Å²) < 4.78 is 6.33. The lowest BCUT2D eigenvalue weighted by Gasteiger charge is -2.34. The highest BCUT2D eigenvalue weighted by molar-refractivity contribution is 7.21. The summed E-state index contributed by atoms with van der Waals surface area (Å²) in [5.74, 6) is 1.62. The lowest BCUT2D eigenvalue weighted by molar-refractivity contribution is 0.00786.